The third-order valence-electron chi connectivity index (χ3n) is 3.88. The summed E-state index contributed by atoms with van der Waals surface area (Å²) in [6.07, 6.45) is 10.9. The van der Waals surface area contributed by atoms with E-state index in [1.54, 1.807) is 6.20 Å². The van der Waals surface area contributed by atoms with Crippen LogP contribution in [0.2, 0.25) is 0 Å². The fraction of sp³-hybridized carbons (Fsp3) is 0.714. The molecule has 1 amide bonds. The normalized spacial score (nSPS) is 17.8. The molecule has 0 aliphatic heterocycles. The molecule has 0 unspecified atom stereocenters. The second-order valence-corrected chi connectivity index (χ2v) is 5.43. The molecular weight excluding hydrogens is 226 g/mol. The molecule has 0 radical (unpaired) electrons. The van der Waals surface area contributed by atoms with Crippen molar-refractivity contribution in [1.82, 2.24) is 15.5 Å². The molecule has 1 aliphatic rings. The predicted octanol–water partition coefficient (Wildman–Crippen LogP) is 2.28. The smallest absolute Gasteiger partial charge is 0.222 e. The van der Waals surface area contributed by atoms with Crippen molar-refractivity contribution in [1.29, 1.82) is 0 Å². The zero-order valence-electron chi connectivity index (χ0n) is 11.1. The molecule has 2 N–H and O–H groups in total. The first kappa shape index (κ1) is 13.1. The van der Waals surface area contributed by atoms with Gasteiger partial charge in [0.2, 0.25) is 5.91 Å². The highest BCUT2D eigenvalue weighted by atomic mass is 16.1. The van der Waals surface area contributed by atoms with Gasteiger partial charge in [-0.3, -0.25) is 9.89 Å². The first-order valence-electron chi connectivity index (χ1n) is 7.01. The second-order valence-electron chi connectivity index (χ2n) is 5.43. The number of hydrogen-bond donors (Lipinski definition) is 2. The molecule has 1 atom stereocenters. The van der Waals surface area contributed by atoms with Crippen molar-refractivity contribution in [3.8, 4) is 0 Å². The summed E-state index contributed by atoms with van der Waals surface area (Å²) in [6.45, 7) is 2.75. The highest BCUT2D eigenvalue weighted by molar-refractivity contribution is 5.78. The van der Waals surface area contributed by atoms with Crippen LogP contribution in [0.15, 0.2) is 12.4 Å². The summed E-state index contributed by atoms with van der Waals surface area (Å²) in [5.41, 5.74) is 1.14. The molecule has 100 valence electrons. The molecule has 1 aromatic heterocycles. The minimum Gasteiger partial charge on any atom is -0.356 e. The van der Waals surface area contributed by atoms with Gasteiger partial charge in [0.25, 0.3) is 0 Å². The van der Waals surface area contributed by atoms with Gasteiger partial charge < -0.3 is 5.32 Å². The minimum absolute atomic E-state index is 0.150. The maximum absolute atomic E-state index is 11.9. The molecule has 0 aromatic carbocycles. The molecule has 2 rings (SSSR count). The number of H-pyrrole nitrogens is 1. The standard InChI is InChI=1S/C14H23N3O/c1-11(8-12-4-2-3-5-12)14(18)15-7-6-13-9-16-17-10-13/h9-12H,2-8H2,1H3,(H,15,18)(H,16,17)/t11-/m1/s1. The second kappa shape index (κ2) is 6.57. The van der Waals surface area contributed by atoms with Gasteiger partial charge in [-0.2, -0.15) is 5.10 Å². The number of carbonyl (C=O) groups is 1. The zero-order valence-corrected chi connectivity index (χ0v) is 11.1. The van der Waals surface area contributed by atoms with Crippen LogP contribution in [-0.2, 0) is 11.2 Å². The van der Waals surface area contributed by atoms with E-state index in [9.17, 15) is 4.79 Å². The average Bonchev–Trinajstić information content (AvgIpc) is 3.01. The maximum Gasteiger partial charge on any atom is 0.222 e. The molecule has 18 heavy (non-hydrogen) atoms. The number of nitrogens with one attached hydrogen (secondary N) is 2. The number of amides is 1. The van der Waals surface area contributed by atoms with Crippen molar-refractivity contribution in [2.75, 3.05) is 6.54 Å². The highest BCUT2D eigenvalue weighted by Gasteiger charge is 2.21. The fourth-order valence-electron chi connectivity index (χ4n) is 2.77. The fourth-order valence-corrected chi connectivity index (χ4v) is 2.77. The Labute approximate surface area is 109 Å². The van der Waals surface area contributed by atoms with Crippen LogP contribution >= 0.6 is 0 Å². The van der Waals surface area contributed by atoms with Gasteiger partial charge in [0.05, 0.1) is 6.20 Å². The SMILES string of the molecule is C[C@H](CC1CCCC1)C(=O)NCCc1cn[nH]c1. The minimum atomic E-state index is 0.150. The molecule has 1 aliphatic carbocycles. The Morgan fingerprint density at radius 2 is 2.33 bits per heavy atom. The molecular formula is C14H23N3O. The summed E-state index contributed by atoms with van der Waals surface area (Å²) in [5.74, 6) is 1.13. The molecule has 0 bridgehead atoms. The van der Waals surface area contributed by atoms with Crippen molar-refractivity contribution < 1.29 is 4.79 Å². The summed E-state index contributed by atoms with van der Waals surface area (Å²) in [6, 6.07) is 0. The lowest BCUT2D eigenvalue weighted by Crippen LogP contribution is -2.31. The van der Waals surface area contributed by atoms with Crippen molar-refractivity contribution in [2.24, 2.45) is 11.8 Å². The summed E-state index contributed by atoms with van der Waals surface area (Å²) in [5, 5.41) is 9.68. The predicted molar refractivity (Wildman–Crippen MR) is 71.0 cm³/mol. The van der Waals surface area contributed by atoms with Gasteiger partial charge in [-0.05, 0) is 24.3 Å². The van der Waals surface area contributed by atoms with Crippen LogP contribution in [-0.4, -0.2) is 22.6 Å². The van der Waals surface area contributed by atoms with Crippen LogP contribution in [0.25, 0.3) is 0 Å². The van der Waals surface area contributed by atoms with Gasteiger partial charge in [-0.25, -0.2) is 0 Å². The zero-order chi connectivity index (χ0) is 12.8. The van der Waals surface area contributed by atoms with Crippen molar-refractivity contribution in [3.05, 3.63) is 18.0 Å². The first-order chi connectivity index (χ1) is 8.75. The third kappa shape index (κ3) is 3.86. The van der Waals surface area contributed by atoms with Gasteiger partial charge in [0, 0.05) is 18.7 Å². The number of rotatable bonds is 6. The quantitative estimate of drug-likeness (QED) is 0.812. The summed E-state index contributed by atoms with van der Waals surface area (Å²) < 4.78 is 0. The van der Waals surface area contributed by atoms with Crippen LogP contribution in [0.5, 0.6) is 0 Å². The monoisotopic (exact) mass is 249 g/mol. The number of carbonyl (C=O) groups excluding carboxylic acids is 1. The lowest BCUT2D eigenvalue weighted by molar-refractivity contribution is -0.124. The first-order valence-corrected chi connectivity index (χ1v) is 7.01. The Kier molecular flexibility index (Phi) is 4.79. The van der Waals surface area contributed by atoms with Gasteiger partial charge in [0.15, 0.2) is 0 Å². The summed E-state index contributed by atoms with van der Waals surface area (Å²) >= 11 is 0. The summed E-state index contributed by atoms with van der Waals surface area (Å²) in [7, 11) is 0. The third-order valence-corrected chi connectivity index (χ3v) is 3.88. The molecule has 1 aromatic rings. The van der Waals surface area contributed by atoms with Crippen LogP contribution in [0, 0.1) is 11.8 Å². The highest BCUT2D eigenvalue weighted by Crippen LogP contribution is 2.30. The van der Waals surface area contributed by atoms with E-state index >= 15 is 0 Å². The number of nitrogens with zero attached hydrogens (tertiary/aromatic N) is 1. The average molecular weight is 249 g/mol. The van der Waals surface area contributed by atoms with Crippen molar-refractivity contribution in [3.63, 3.8) is 0 Å². The van der Waals surface area contributed by atoms with Crippen molar-refractivity contribution in [2.45, 2.75) is 45.4 Å². The summed E-state index contributed by atoms with van der Waals surface area (Å²) in [4.78, 5) is 11.9. The number of aromatic amines is 1. The Morgan fingerprint density at radius 3 is 3.00 bits per heavy atom. The van der Waals surface area contributed by atoms with Gasteiger partial charge >= 0.3 is 0 Å². The Hall–Kier alpha value is -1.32. The van der Waals surface area contributed by atoms with E-state index in [0.717, 1.165) is 24.3 Å². The Morgan fingerprint density at radius 1 is 1.56 bits per heavy atom. The molecule has 1 heterocycles. The van der Waals surface area contributed by atoms with E-state index in [-0.39, 0.29) is 11.8 Å². The lowest BCUT2D eigenvalue weighted by Gasteiger charge is -2.15. The number of hydrogen-bond acceptors (Lipinski definition) is 2. The molecule has 4 heteroatoms. The van der Waals surface area contributed by atoms with Gasteiger partial charge in [0.1, 0.15) is 0 Å². The van der Waals surface area contributed by atoms with E-state index < -0.39 is 0 Å². The van der Waals surface area contributed by atoms with Crippen LogP contribution in [0.4, 0.5) is 0 Å². The molecule has 0 saturated heterocycles. The topological polar surface area (TPSA) is 57.8 Å². The molecule has 0 spiro atoms. The Balaban J connectivity index is 1.64. The van der Waals surface area contributed by atoms with E-state index in [1.165, 1.54) is 25.7 Å². The van der Waals surface area contributed by atoms with Crippen LogP contribution < -0.4 is 5.32 Å². The molecule has 4 nitrogen and oxygen atoms in total. The van der Waals surface area contributed by atoms with Crippen LogP contribution in [0.3, 0.4) is 0 Å². The van der Waals surface area contributed by atoms with Crippen LogP contribution in [0.1, 0.15) is 44.6 Å². The van der Waals surface area contributed by atoms with Crippen molar-refractivity contribution >= 4 is 5.91 Å². The molecule has 1 saturated carbocycles. The van der Waals surface area contributed by atoms with Gasteiger partial charge in [-0.15, -0.1) is 0 Å². The largest absolute Gasteiger partial charge is 0.356 e. The van der Waals surface area contributed by atoms with E-state index in [0.29, 0.717) is 6.54 Å². The van der Waals surface area contributed by atoms with E-state index in [4.69, 9.17) is 0 Å². The Bertz CT molecular complexity index is 355. The van der Waals surface area contributed by atoms with E-state index in [1.807, 2.05) is 13.1 Å². The lowest BCUT2D eigenvalue weighted by atomic mass is 9.94. The maximum atomic E-state index is 11.9. The number of aromatic nitrogens is 2. The van der Waals surface area contributed by atoms with Gasteiger partial charge in [-0.1, -0.05) is 32.6 Å². The molecule has 1 fully saturated rings. The van der Waals surface area contributed by atoms with E-state index in [2.05, 4.69) is 15.5 Å².